The van der Waals surface area contributed by atoms with Crippen molar-refractivity contribution in [3.63, 3.8) is 0 Å². The van der Waals surface area contributed by atoms with Gasteiger partial charge < -0.3 is 5.32 Å². The molecule has 0 aliphatic heterocycles. The predicted octanol–water partition coefficient (Wildman–Crippen LogP) is 3.28. The third-order valence-corrected chi connectivity index (χ3v) is 3.68. The number of nitrogens with zero attached hydrogens (tertiary/aromatic N) is 4. The van der Waals surface area contributed by atoms with Gasteiger partial charge in [-0.05, 0) is 17.7 Å². The van der Waals surface area contributed by atoms with Crippen LogP contribution in [0.4, 0.5) is 5.82 Å². The van der Waals surface area contributed by atoms with E-state index in [-0.39, 0.29) is 11.6 Å². The van der Waals surface area contributed by atoms with E-state index in [1.165, 1.54) is 18.6 Å². The first-order chi connectivity index (χ1) is 11.1. The maximum atomic E-state index is 12.1. The van der Waals surface area contributed by atoms with Gasteiger partial charge in [-0.1, -0.05) is 29.3 Å². The number of aromatic nitrogens is 4. The average Bonchev–Trinajstić information content (AvgIpc) is 2.98. The Bertz CT molecular complexity index is 835. The number of carbonyl (C=O) groups excluding carboxylic acids is 1. The van der Waals surface area contributed by atoms with Gasteiger partial charge in [-0.25, -0.2) is 9.67 Å². The van der Waals surface area contributed by atoms with Crippen LogP contribution in [0.15, 0.2) is 49.1 Å². The predicted molar refractivity (Wildman–Crippen MR) is 87.8 cm³/mol. The summed E-state index contributed by atoms with van der Waals surface area (Å²) in [5.74, 6) is 0.175. The molecule has 2 aromatic heterocycles. The minimum atomic E-state index is -0.359. The van der Waals surface area contributed by atoms with Gasteiger partial charge in [-0.3, -0.25) is 9.78 Å². The quantitative estimate of drug-likeness (QED) is 0.785. The van der Waals surface area contributed by atoms with Crippen LogP contribution in [0.5, 0.6) is 0 Å². The molecule has 0 saturated carbocycles. The van der Waals surface area contributed by atoms with E-state index in [0.717, 1.165) is 5.56 Å². The fraction of sp³-hybridized carbons (Fsp3) is 0.0667. The molecular weight excluding hydrogens is 337 g/mol. The molecule has 0 radical (unpaired) electrons. The molecule has 2 heterocycles. The van der Waals surface area contributed by atoms with Crippen LogP contribution in [0.25, 0.3) is 0 Å². The molecule has 116 valence electrons. The lowest BCUT2D eigenvalue weighted by molar-refractivity contribution is 0.102. The van der Waals surface area contributed by atoms with Crippen LogP contribution in [0.2, 0.25) is 10.0 Å². The molecule has 0 fully saturated rings. The van der Waals surface area contributed by atoms with Crippen LogP contribution in [0, 0.1) is 0 Å². The zero-order chi connectivity index (χ0) is 16.2. The summed E-state index contributed by atoms with van der Waals surface area (Å²) in [6.07, 6.45) is 5.95. The topological polar surface area (TPSA) is 72.7 Å². The number of anilines is 1. The summed E-state index contributed by atoms with van der Waals surface area (Å²) in [6.45, 7) is 0.402. The van der Waals surface area contributed by atoms with Gasteiger partial charge in [0.25, 0.3) is 5.91 Å². The second kappa shape index (κ2) is 6.76. The van der Waals surface area contributed by atoms with Crippen molar-refractivity contribution in [3.8, 4) is 0 Å². The summed E-state index contributed by atoms with van der Waals surface area (Å²) in [5.41, 5.74) is 1.07. The molecule has 1 N–H and O–H groups in total. The minimum absolute atomic E-state index is 0.227. The molecule has 23 heavy (non-hydrogen) atoms. The molecule has 1 aromatic carbocycles. The monoisotopic (exact) mass is 347 g/mol. The second-order valence-corrected chi connectivity index (χ2v) is 5.50. The lowest BCUT2D eigenvalue weighted by Gasteiger charge is -2.10. The molecule has 8 heteroatoms. The summed E-state index contributed by atoms with van der Waals surface area (Å²) >= 11 is 12.1. The highest BCUT2D eigenvalue weighted by molar-refractivity contribution is 6.35. The first-order valence-corrected chi connectivity index (χ1v) is 7.42. The Hall–Kier alpha value is -2.44. The number of halogens is 2. The third-order valence-electron chi connectivity index (χ3n) is 3.09. The highest BCUT2D eigenvalue weighted by Gasteiger charge is 2.12. The van der Waals surface area contributed by atoms with Crippen LogP contribution in [-0.4, -0.2) is 25.7 Å². The largest absolute Gasteiger partial charge is 0.305 e. The van der Waals surface area contributed by atoms with Crippen molar-refractivity contribution in [1.82, 2.24) is 19.7 Å². The van der Waals surface area contributed by atoms with E-state index in [9.17, 15) is 4.79 Å². The number of amides is 1. The summed E-state index contributed by atoms with van der Waals surface area (Å²) in [5, 5.41) is 8.05. The van der Waals surface area contributed by atoms with Gasteiger partial charge in [0.05, 0.1) is 18.9 Å². The molecule has 0 atom stereocenters. The van der Waals surface area contributed by atoms with Crippen molar-refractivity contribution < 1.29 is 4.79 Å². The number of hydrogen-bond acceptors (Lipinski definition) is 4. The van der Waals surface area contributed by atoms with Gasteiger partial charge >= 0.3 is 0 Å². The SMILES string of the molecule is O=C(Nc1ccnn1Cc1ccc(Cl)cc1Cl)c1cnccn1. The number of carbonyl (C=O) groups is 1. The molecular formula is C15H11Cl2N5O. The molecule has 0 saturated heterocycles. The number of hydrogen-bond donors (Lipinski definition) is 1. The summed E-state index contributed by atoms with van der Waals surface area (Å²) < 4.78 is 1.63. The van der Waals surface area contributed by atoms with Crippen molar-refractivity contribution in [2.45, 2.75) is 6.54 Å². The molecule has 0 unspecified atom stereocenters. The molecule has 0 bridgehead atoms. The Morgan fingerprint density at radius 2 is 2.04 bits per heavy atom. The lowest BCUT2D eigenvalue weighted by Crippen LogP contribution is -2.17. The van der Waals surface area contributed by atoms with Crippen molar-refractivity contribution in [2.75, 3.05) is 5.32 Å². The molecule has 0 aliphatic carbocycles. The van der Waals surface area contributed by atoms with Crippen molar-refractivity contribution in [3.05, 3.63) is 70.4 Å². The van der Waals surface area contributed by atoms with E-state index in [1.807, 2.05) is 6.07 Å². The highest BCUT2D eigenvalue weighted by atomic mass is 35.5. The number of benzene rings is 1. The fourth-order valence-electron chi connectivity index (χ4n) is 1.97. The van der Waals surface area contributed by atoms with Crippen molar-refractivity contribution in [2.24, 2.45) is 0 Å². The van der Waals surface area contributed by atoms with Gasteiger partial charge in [0.15, 0.2) is 0 Å². The zero-order valence-corrected chi connectivity index (χ0v) is 13.3. The van der Waals surface area contributed by atoms with Crippen LogP contribution in [0.1, 0.15) is 16.1 Å². The molecule has 0 aliphatic rings. The Kier molecular flexibility index (Phi) is 4.55. The van der Waals surface area contributed by atoms with E-state index in [2.05, 4.69) is 20.4 Å². The summed E-state index contributed by atoms with van der Waals surface area (Å²) in [4.78, 5) is 20.0. The summed E-state index contributed by atoms with van der Waals surface area (Å²) in [7, 11) is 0. The van der Waals surface area contributed by atoms with E-state index >= 15 is 0 Å². The first-order valence-electron chi connectivity index (χ1n) is 6.66. The maximum Gasteiger partial charge on any atom is 0.277 e. The van der Waals surface area contributed by atoms with Gasteiger partial charge in [-0.2, -0.15) is 5.10 Å². The van der Waals surface area contributed by atoms with Crippen LogP contribution in [-0.2, 0) is 6.54 Å². The zero-order valence-electron chi connectivity index (χ0n) is 11.8. The maximum absolute atomic E-state index is 12.1. The molecule has 6 nitrogen and oxygen atoms in total. The first kappa shape index (κ1) is 15.5. The van der Waals surface area contributed by atoms with Gasteiger partial charge in [-0.15, -0.1) is 0 Å². The smallest absolute Gasteiger partial charge is 0.277 e. The molecule has 1 amide bonds. The fourth-order valence-corrected chi connectivity index (χ4v) is 2.44. The summed E-state index contributed by atoms with van der Waals surface area (Å²) in [6, 6.07) is 6.93. The van der Waals surface area contributed by atoms with Crippen LogP contribution >= 0.6 is 23.2 Å². The second-order valence-electron chi connectivity index (χ2n) is 4.65. The molecule has 3 rings (SSSR count). The van der Waals surface area contributed by atoms with Gasteiger partial charge in [0.2, 0.25) is 0 Å². The van der Waals surface area contributed by atoms with Gasteiger partial charge in [0, 0.05) is 28.5 Å². The Morgan fingerprint density at radius 1 is 1.17 bits per heavy atom. The Balaban J connectivity index is 1.78. The Labute approximate surface area is 142 Å². The number of nitrogens with one attached hydrogen (secondary N) is 1. The molecule has 3 aromatic rings. The lowest BCUT2D eigenvalue weighted by atomic mass is 10.2. The van der Waals surface area contributed by atoms with E-state index in [0.29, 0.717) is 22.4 Å². The van der Waals surface area contributed by atoms with Crippen molar-refractivity contribution >= 4 is 34.9 Å². The molecule has 0 spiro atoms. The van der Waals surface area contributed by atoms with Gasteiger partial charge in [0.1, 0.15) is 11.5 Å². The Morgan fingerprint density at radius 3 is 2.78 bits per heavy atom. The third kappa shape index (κ3) is 3.67. The van der Waals surface area contributed by atoms with E-state index in [4.69, 9.17) is 23.2 Å². The minimum Gasteiger partial charge on any atom is -0.305 e. The van der Waals surface area contributed by atoms with E-state index < -0.39 is 0 Å². The van der Waals surface area contributed by atoms with Crippen LogP contribution < -0.4 is 5.32 Å². The normalized spacial score (nSPS) is 10.5. The standard InChI is InChI=1S/C15H11Cl2N5O/c16-11-2-1-10(12(17)7-11)9-22-14(3-4-20-22)21-15(23)13-8-18-5-6-19-13/h1-8H,9H2,(H,21,23). The highest BCUT2D eigenvalue weighted by Crippen LogP contribution is 2.22. The average molecular weight is 348 g/mol. The van der Waals surface area contributed by atoms with E-state index in [1.54, 1.807) is 29.1 Å². The van der Waals surface area contributed by atoms with Crippen molar-refractivity contribution in [1.29, 1.82) is 0 Å². The van der Waals surface area contributed by atoms with Crippen LogP contribution in [0.3, 0.4) is 0 Å². The number of rotatable bonds is 4.